The topological polar surface area (TPSA) is 99.1 Å². The Morgan fingerprint density at radius 2 is 1.64 bits per heavy atom. The third-order valence-electron chi connectivity index (χ3n) is 5.59. The van der Waals surface area contributed by atoms with Gasteiger partial charge in [-0.15, -0.1) is 0 Å². The summed E-state index contributed by atoms with van der Waals surface area (Å²) in [5.74, 6) is -0.373. The van der Waals surface area contributed by atoms with E-state index in [0.29, 0.717) is 0 Å². The molecule has 0 unspecified atom stereocenters. The maximum absolute atomic E-state index is 12.3. The summed E-state index contributed by atoms with van der Waals surface area (Å²) in [7, 11) is 0. The lowest BCUT2D eigenvalue weighted by Crippen LogP contribution is -2.42. The number of alkyl carbamates (subject to hydrolysis) is 1. The van der Waals surface area contributed by atoms with Gasteiger partial charge in [-0.3, -0.25) is 0 Å². The molecule has 1 saturated heterocycles. The molecule has 2 aliphatic rings. The Kier molecular flexibility index (Phi) is 4.92. The van der Waals surface area contributed by atoms with Crippen LogP contribution in [0.5, 0.6) is 0 Å². The highest BCUT2D eigenvalue weighted by atomic mass is 16.5. The normalized spacial score (nSPS) is 20.5. The molecule has 0 spiro atoms. The van der Waals surface area contributed by atoms with E-state index in [1.165, 1.54) is 4.90 Å². The van der Waals surface area contributed by atoms with Crippen LogP contribution >= 0.6 is 0 Å². The van der Waals surface area contributed by atoms with Gasteiger partial charge in [0.05, 0.1) is 6.04 Å². The number of rotatable bonds is 4. The molecule has 0 bridgehead atoms. The molecule has 1 aliphatic heterocycles. The number of amides is 2. The Balaban J connectivity index is 1.42. The van der Waals surface area contributed by atoms with Gasteiger partial charge in [0.2, 0.25) is 0 Å². The number of aliphatic hydroxyl groups excluding tert-OH is 1. The highest BCUT2D eigenvalue weighted by molar-refractivity contribution is 5.79. The van der Waals surface area contributed by atoms with Crippen LogP contribution in [0.3, 0.4) is 0 Å². The summed E-state index contributed by atoms with van der Waals surface area (Å²) in [5, 5.41) is 21.3. The number of hydrogen-bond acceptors (Lipinski definition) is 4. The number of carbonyl (C=O) groups excluding carboxylic acids is 1. The molecule has 1 heterocycles. The van der Waals surface area contributed by atoms with Crippen molar-refractivity contribution in [3.8, 4) is 11.1 Å². The Morgan fingerprint density at radius 1 is 1.04 bits per heavy atom. The first-order valence-corrected chi connectivity index (χ1v) is 9.28. The second kappa shape index (κ2) is 7.52. The molecule has 146 valence electrons. The molecular formula is C21H22N2O5. The number of hydrogen-bond donors (Lipinski definition) is 3. The van der Waals surface area contributed by atoms with E-state index in [1.54, 1.807) is 0 Å². The van der Waals surface area contributed by atoms with E-state index in [4.69, 9.17) is 9.84 Å². The van der Waals surface area contributed by atoms with E-state index >= 15 is 0 Å². The molecule has 2 aromatic carbocycles. The summed E-state index contributed by atoms with van der Waals surface area (Å²) in [6.45, 7) is 0.335. The van der Waals surface area contributed by atoms with Crippen molar-refractivity contribution in [3.05, 3.63) is 59.7 Å². The highest BCUT2D eigenvalue weighted by Gasteiger charge is 2.36. The van der Waals surface area contributed by atoms with Gasteiger partial charge in [0.15, 0.2) is 0 Å². The average Bonchev–Trinajstić information content (AvgIpc) is 3.25. The number of fused-ring (bicyclic) bond motifs is 3. The first-order valence-electron chi connectivity index (χ1n) is 9.28. The molecule has 3 N–H and O–H groups in total. The lowest BCUT2D eigenvalue weighted by atomic mass is 9.98. The fraction of sp³-hybridized carbons (Fsp3) is 0.333. The summed E-state index contributed by atoms with van der Waals surface area (Å²) in [5.41, 5.74) is 4.56. The Bertz CT molecular complexity index is 854. The second-order valence-electron chi connectivity index (χ2n) is 7.21. The average molecular weight is 382 g/mol. The minimum atomic E-state index is -1.06. The molecule has 0 radical (unpaired) electrons. The Hall–Kier alpha value is -3.06. The number of benzene rings is 2. The molecule has 0 saturated carbocycles. The van der Waals surface area contributed by atoms with E-state index < -0.39 is 18.2 Å². The quantitative estimate of drug-likeness (QED) is 0.755. The van der Waals surface area contributed by atoms with Crippen LogP contribution in [-0.2, 0) is 4.74 Å². The minimum Gasteiger partial charge on any atom is -0.465 e. The van der Waals surface area contributed by atoms with Gasteiger partial charge in [-0.2, -0.15) is 0 Å². The molecule has 28 heavy (non-hydrogen) atoms. The van der Waals surface area contributed by atoms with Crippen molar-refractivity contribution in [2.45, 2.75) is 12.0 Å². The third-order valence-corrected chi connectivity index (χ3v) is 5.59. The van der Waals surface area contributed by atoms with E-state index in [2.05, 4.69) is 17.4 Å². The van der Waals surface area contributed by atoms with Crippen LogP contribution in [0.15, 0.2) is 48.5 Å². The van der Waals surface area contributed by atoms with Gasteiger partial charge in [-0.05, 0) is 22.3 Å². The molecule has 2 aromatic rings. The van der Waals surface area contributed by atoms with Gasteiger partial charge in [0, 0.05) is 31.5 Å². The van der Waals surface area contributed by atoms with E-state index in [0.717, 1.165) is 22.3 Å². The third kappa shape index (κ3) is 3.29. The van der Waals surface area contributed by atoms with Crippen molar-refractivity contribution in [1.82, 2.24) is 10.2 Å². The minimum absolute atomic E-state index is 0.0362. The molecule has 7 heteroatoms. The van der Waals surface area contributed by atoms with Crippen LogP contribution in [0, 0.1) is 5.92 Å². The largest absolute Gasteiger partial charge is 0.465 e. The van der Waals surface area contributed by atoms with Crippen LogP contribution < -0.4 is 5.32 Å². The number of ether oxygens (including phenoxy) is 1. The van der Waals surface area contributed by atoms with Crippen molar-refractivity contribution in [2.75, 3.05) is 26.3 Å². The summed E-state index contributed by atoms with van der Waals surface area (Å²) in [6, 6.07) is 15.7. The number of likely N-dealkylation sites (tertiary alicyclic amines) is 1. The fourth-order valence-electron chi connectivity index (χ4n) is 4.17. The van der Waals surface area contributed by atoms with Crippen LogP contribution in [0.25, 0.3) is 11.1 Å². The van der Waals surface area contributed by atoms with Crippen molar-refractivity contribution < 1.29 is 24.5 Å². The highest BCUT2D eigenvalue weighted by Crippen LogP contribution is 2.44. The number of nitrogens with zero attached hydrogens (tertiary/aromatic N) is 1. The first-order chi connectivity index (χ1) is 13.6. The van der Waals surface area contributed by atoms with Crippen LogP contribution in [0.1, 0.15) is 17.0 Å². The molecule has 1 aliphatic carbocycles. The standard InChI is InChI=1S/C21H22N2O5/c24-11-13-9-23(21(26)27)10-19(13)22-20(25)28-12-18-16-7-3-1-5-14(16)15-6-2-4-8-17(15)18/h1-8,13,18-19,24H,9-12H2,(H,22,25)(H,26,27)/t13-,19-/m0/s1. The molecule has 2 amide bonds. The fourth-order valence-corrected chi connectivity index (χ4v) is 4.17. The van der Waals surface area contributed by atoms with Crippen LogP contribution in [-0.4, -0.2) is 59.6 Å². The second-order valence-corrected chi connectivity index (χ2v) is 7.21. The van der Waals surface area contributed by atoms with Crippen LogP contribution in [0.2, 0.25) is 0 Å². The zero-order valence-corrected chi connectivity index (χ0v) is 15.2. The Morgan fingerprint density at radius 3 is 2.21 bits per heavy atom. The van der Waals surface area contributed by atoms with Crippen molar-refractivity contribution in [2.24, 2.45) is 5.92 Å². The van der Waals surface area contributed by atoms with E-state index in [-0.39, 0.29) is 38.1 Å². The summed E-state index contributed by atoms with van der Waals surface area (Å²) >= 11 is 0. The lowest BCUT2D eigenvalue weighted by Gasteiger charge is -2.19. The Labute approximate surface area is 162 Å². The van der Waals surface area contributed by atoms with E-state index in [1.807, 2.05) is 36.4 Å². The number of aliphatic hydroxyl groups is 1. The van der Waals surface area contributed by atoms with Gasteiger partial charge >= 0.3 is 12.2 Å². The molecular weight excluding hydrogens is 360 g/mol. The lowest BCUT2D eigenvalue weighted by molar-refractivity contribution is 0.133. The van der Waals surface area contributed by atoms with Crippen molar-refractivity contribution in [3.63, 3.8) is 0 Å². The SMILES string of the molecule is O=C(N[C@H]1CN(C(=O)O)C[C@H]1CO)OCC1c2ccccc2-c2ccccc21. The molecule has 4 rings (SSSR count). The molecule has 2 atom stereocenters. The summed E-state index contributed by atoms with van der Waals surface area (Å²) in [6.07, 6.45) is -1.66. The van der Waals surface area contributed by atoms with Crippen LogP contribution in [0.4, 0.5) is 9.59 Å². The van der Waals surface area contributed by atoms with E-state index in [9.17, 15) is 14.7 Å². The molecule has 0 aromatic heterocycles. The number of carboxylic acid groups (broad SMARTS) is 1. The smallest absolute Gasteiger partial charge is 0.407 e. The number of nitrogens with one attached hydrogen (secondary N) is 1. The monoisotopic (exact) mass is 382 g/mol. The molecule has 7 nitrogen and oxygen atoms in total. The van der Waals surface area contributed by atoms with Gasteiger partial charge in [0.1, 0.15) is 6.61 Å². The summed E-state index contributed by atoms with van der Waals surface area (Å²) < 4.78 is 5.49. The molecule has 1 fully saturated rings. The van der Waals surface area contributed by atoms with Gasteiger partial charge < -0.3 is 25.2 Å². The van der Waals surface area contributed by atoms with Crippen molar-refractivity contribution in [1.29, 1.82) is 0 Å². The zero-order valence-electron chi connectivity index (χ0n) is 15.2. The maximum atomic E-state index is 12.3. The van der Waals surface area contributed by atoms with Gasteiger partial charge in [0.25, 0.3) is 0 Å². The van der Waals surface area contributed by atoms with Gasteiger partial charge in [-0.1, -0.05) is 48.5 Å². The predicted octanol–water partition coefficient (Wildman–Crippen LogP) is 2.50. The first kappa shape index (κ1) is 18.3. The van der Waals surface area contributed by atoms with Gasteiger partial charge in [-0.25, -0.2) is 9.59 Å². The predicted molar refractivity (Wildman–Crippen MR) is 102 cm³/mol. The number of carbonyl (C=O) groups is 2. The summed E-state index contributed by atoms with van der Waals surface area (Å²) in [4.78, 5) is 24.7. The zero-order chi connectivity index (χ0) is 19.7. The maximum Gasteiger partial charge on any atom is 0.407 e. The van der Waals surface area contributed by atoms with Crippen molar-refractivity contribution >= 4 is 12.2 Å².